The SMILES string of the molecule is O=C(Nc1ccc(Cl)cc1)C1CC(=O)N(c2ccccc2Br)C1. The van der Waals surface area contributed by atoms with Crippen LogP contribution >= 0.6 is 27.5 Å². The van der Waals surface area contributed by atoms with Crippen LogP contribution in [-0.2, 0) is 9.59 Å². The van der Waals surface area contributed by atoms with E-state index in [1.165, 1.54) is 0 Å². The van der Waals surface area contributed by atoms with Crippen molar-refractivity contribution in [1.82, 2.24) is 0 Å². The Balaban J connectivity index is 1.71. The molecule has 6 heteroatoms. The van der Waals surface area contributed by atoms with Crippen LogP contribution < -0.4 is 10.2 Å². The zero-order valence-corrected chi connectivity index (χ0v) is 14.5. The van der Waals surface area contributed by atoms with Crippen molar-refractivity contribution >= 4 is 50.7 Å². The second-order valence-corrected chi connectivity index (χ2v) is 6.64. The Hall–Kier alpha value is -1.85. The van der Waals surface area contributed by atoms with Gasteiger partial charge in [0.1, 0.15) is 0 Å². The number of para-hydroxylation sites is 1. The number of benzene rings is 2. The molecule has 2 aromatic carbocycles. The van der Waals surface area contributed by atoms with Gasteiger partial charge in [0.05, 0.1) is 11.6 Å². The summed E-state index contributed by atoms with van der Waals surface area (Å²) in [5.74, 6) is -0.575. The van der Waals surface area contributed by atoms with E-state index in [1.54, 1.807) is 29.2 Å². The van der Waals surface area contributed by atoms with Gasteiger partial charge in [-0.3, -0.25) is 9.59 Å². The summed E-state index contributed by atoms with van der Waals surface area (Å²) in [6.07, 6.45) is 0.209. The highest BCUT2D eigenvalue weighted by Crippen LogP contribution is 2.31. The van der Waals surface area contributed by atoms with Gasteiger partial charge in [-0.05, 0) is 52.3 Å². The van der Waals surface area contributed by atoms with Crippen LogP contribution in [0.25, 0.3) is 0 Å². The Morgan fingerprint density at radius 1 is 1.17 bits per heavy atom. The van der Waals surface area contributed by atoms with Crippen molar-refractivity contribution in [3.8, 4) is 0 Å². The number of carbonyl (C=O) groups excluding carboxylic acids is 2. The van der Waals surface area contributed by atoms with Gasteiger partial charge in [0.2, 0.25) is 11.8 Å². The first-order chi connectivity index (χ1) is 11.0. The number of hydrogen-bond acceptors (Lipinski definition) is 2. The lowest BCUT2D eigenvalue weighted by Crippen LogP contribution is -2.28. The molecule has 0 aliphatic carbocycles. The molecule has 0 aromatic heterocycles. The van der Waals surface area contributed by atoms with Gasteiger partial charge in [-0.2, -0.15) is 0 Å². The highest BCUT2D eigenvalue weighted by Gasteiger charge is 2.35. The first-order valence-corrected chi connectivity index (χ1v) is 8.33. The van der Waals surface area contributed by atoms with Crippen molar-refractivity contribution in [3.05, 3.63) is 58.0 Å². The molecule has 1 atom stereocenters. The van der Waals surface area contributed by atoms with E-state index in [0.29, 0.717) is 17.3 Å². The second-order valence-electron chi connectivity index (χ2n) is 5.35. The maximum absolute atomic E-state index is 12.4. The zero-order chi connectivity index (χ0) is 16.4. The topological polar surface area (TPSA) is 49.4 Å². The molecule has 1 aliphatic rings. The van der Waals surface area contributed by atoms with Crippen LogP contribution in [0.3, 0.4) is 0 Å². The molecule has 0 radical (unpaired) electrons. The lowest BCUT2D eigenvalue weighted by Gasteiger charge is -2.18. The Morgan fingerprint density at radius 3 is 2.57 bits per heavy atom. The van der Waals surface area contributed by atoms with Crippen LogP contribution in [0, 0.1) is 5.92 Å². The van der Waals surface area contributed by atoms with Crippen molar-refractivity contribution in [2.45, 2.75) is 6.42 Å². The lowest BCUT2D eigenvalue weighted by molar-refractivity contribution is -0.122. The van der Waals surface area contributed by atoms with Crippen LogP contribution in [-0.4, -0.2) is 18.4 Å². The Morgan fingerprint density at radius 2 is 1.87 bits per heavy atom. The van der Waals surface area contributed by atoms with E-state index in [1.807, 2.05) is 24.3 Å². The van der Waals surface area contributed by atoms with Gasteiger partial charge in [0.15, 0.2) is 0 Å². The molecule has 2 aromatic rings. The largest absolute Gasteiger partial charge is 0.326 e. The van der Waals surface area contributed by atoms with Crippen LogP contribution in [0.15, 0.2) is 53.0 Å². The van der Waals surface area contributed by atoms with Crippen LogP contribution in [0.5, 0.6) is 0 Å². The summed E-state index contributed by atoms with van der Waals surface area (Å²) in [6, 6.07) is 14.4. The van der Waals surface area contributed by atoms with E-state index in [-0.39, 0.29) is 24.2 Å². The first kappa shape index (κ1) is 16.0. The number of carbonyl (C=O) groups is 2. The molecule has 1 saturated heterocycles. The maximum atomic E-state index is 12.4. The van der Waals surface area contributed by atoms with Gasteiger partial charge in [-0.25, -0.2) is 0 Å². The standard InChI is InChI=1S/C17H14BrClN2O2/c18-14-3-1-2-4-15(14)21-10-11(9-16(21)22)17(23)20-13-7-5-12(19)6-8-13/h1-8,11H,9-10H2,(H,20,23). The minimum atomic E-state index is -0.370. The summed E-state index contributed by atoms with van der Waals surface area (Å²) >= 11 is 9.27. The van der Waals surface area contributed by atoms with Crippen molar-refractivity contribution < 1.29 is 9.59 Å². The fraction of sp³-hybridized carbons (Fsp3) is 0.176. The summed E-state index contributed by atoms with van der Waals surface area (Å²) in [4.78, 5) is 26.3. The third kappa shape index (κ3) is 3.57. The quantitative estimate of drug-likeness (QED) is 0.854. The fourth-order valence-corrected chi connectivity index (χ4v) is 3.19. The van der Waals surface area contributed by atoms with Crippen molar-refractivity contribution in [2.75, 3.05) is 16.8 Å². The number of amides is 2. The lowest BCUT2D eigenvalue weighted by atomic mass is 10.1. The summed E-state index contributed by atoms with van der Waals surface area (Å²) in [5.41, 5.74) is 1.46. The zero-order valence-electron chi connectivity index (χ0n) is 12.1. The number of nitrogens with zero attached hydrogens (tertiary/aromatic N) is 1. The van der Waals surface area contributed by atoms with Crippen LogP contribution in [0.4, 0.5) is 11.4 Å². The van der Waals surface area contributed by atoms with Gasteiger partial charge in [-0.15, -0.1) is 0 Å². The van der Waals surface area contributed by atoms with Crippen LogP contribution in [0.1, 0.15) is 6.42 Å². The molecule has 0 bridgehead atoms. The molecular formula is C17H14BrClN2O2. The van der Waals surface area contributed by atoms with E-state index in [2.05, 4.69) is 21.2 Å². The molecule has 1 aliphatic heterocycles. The second kappa shape index (κ2) is 6.72. The van der Waals surface area contributed by atoms with E-state index in [4.69, 9.17) is 11.6 Å². The van der Waals surface area contributed by atoms with Gasteiger partial charge in [0.25, 0.3) is 0 Å². The predicted molar refractivity (Wildman–Crippen MR) is 94.7 cm³/mol. The molecule has 1 heterocycles. The molecule has 1 unspecified atom stereocenters. The molecular weight excluding hydrogens is 380 g/mol. The van der Waals surface area contributed by atoms with Gasteiger partial charge in [0, 0.05) is 28.1 Å². The summed E-state index contributed by atoms with van der Waals surface area (Å²) in [6.45, 7) is 0.376. The Labute approximate surface area is 147 Å². The van der Waals surface area contributed by atoms with Crippen LogP contribution in [0.2, 0.25) is 5.02 Å². The van der Waals surface area contributed by atoms with Gasteiger partial charge in [-0.1, -0.05) is 23.7 Å². The summed E-state index contributed by atoms with van der Waals surface area (Å²) in [7, 11) is 0. The van der Waals surface area contributed by atoms with Crippen molar-refractivity contribution in [2.24, 2.45) is 5.92 Å². The average Bonchev–Trinajstić information content (AvgIpc) is 2.92. The number of rotatable bonds is 3. The molecule has 3 rings (SSSR count). The third-order valence-corrected chi connectivity index (χ3v) is 4.67. The van der Waals surface area contributed by atoms with E-state index in [0.717, 1.165) is 10.2 Å². The van der Waals surface area contributed by atoms with E-state index >= 15 is 0 Å². The maximum Gasteiger partial charge on any atom is 0.229 e. The average molecular weight is 394 g/mol. The third-order valence-electron chi connectivity index (χ3n) is 3.75. The molecule has 2 amide bonds. The van der Waals surface area contributed by atoms with Crippen molar-refractivity contribution in [1.29, 1.82) is 0 Å². The smallest absolute Gasteiger partial charge is 0.229 e. The highest BCUT2D eigenvalue weighted by molar-refractivity contribution is 9.10. The normalized spacial score (nSPS) is 17.4. The Bertz CT molecular complexity index is 749. The molecule has 1 N–H and O–H groups in total. The minimum Gasteiger partial charge on any atom is -0.326 e. The highest BCUT2D eigenvalue weighted by atomic mass is 79.9. The van der Waals surface area contributed by atoms with E-state index < -0.39 is 0 Å². The number of anilines is 2. The minimum absolute atomic E-state index is 0.0480. The first-order valence-electron chi connectivity index (χ1n) is 7.16. The fourth-order valence-electron chi connectivity index (χ4n) is 2.56. The predicted octanol–water partition coefficient (Wildman–Crippen LogP) is 4.09. The molecule has 0 saturated carbocycles. The van der Waals surface area contributed by atoms with E-state index in [9.17, 15) is 9.59 Å². The molecule has 23 heavy (non-hydrogen) atoms. The molecule has 4 nitrogen and oxygen atoms in total. The molecule has 0 spiro atoms. The summed E-state index contributed by atoms with van der Waals surface area (Å²) in [5, 5.41) is 3.44. The number of hydrogen-bond donors (Lipinski definition) is 1. The number of halogens is 2. The van der Waals surface area contributed by atoms with Gasteiger partial charge < -0.3 is 10.2 Å². The molecule has 118 valence electrons. The number of nitrogens with one attached hydrogen (secondary N) is 1. The monoisotopic (exact) mass is 392 g/mol. The van der Waals surface area contributed by atoms with Crippen molar-refractivity contribution in [3.63, 3.8) is 0 Å². The van der Waals surface area contributed by atoms with Gasteiger partial charge >= 0.3 is 0 Å². The Kier molecular flexibility index (Phi) is 4.68. The molecule has 1 fully saturated rings. The summed E-state index contributed by atoms with van der Waals surface area (Å²) < 4.78 is 0.840.